The zero-order chi connectivity index (χ0) is 19.8. The first kappa shape index (κ1) is 19.2. The molecule has 1 aliphatic heterocycles. The largest absolute Gasteiger partial charge is 0.374 e. The number of amides is 1. The van der Waals surface area contributed by atoms with Crippen LogP contribution in [0.15, 0.2) is 36.7 Å². The minimum absolute atomic E-state index is 0.0515. The second kappa shape index (κ2) is 7.68. The number of carbonyl (C=O) groups is 2. The van der Waals surface area contributed by atoms with E-state index in [1.807, 2.05) is 4.90 Å². The number of nitrogens with zero attached hydrogens (tertiary/aromatic N) is 2. The number of ether oxygens (including phenoxy) is 1. The molecule has 1 amide bonds. The minimum atomic E-state index is -0.360. The molecule has 4 rings (SSSR count). The summed E-state index contributed by atoms with van der Waals surface area (Å²) < 4.78 is 20.9. The number of ketones is 1. The third-order valence-electron chi connectivity index (χ3n) is 5.71. The van der Waals surface area contributed by atoms with Gasteiger partial charge in [0.2, 0.25) is 0 Å². The minimum Gasteiger partial charge on any atom is -0.374 e. The maximum atomic E-state index is 13.4. The van der Waals surface area contributed by atoms with Crippen LogP contribution in [0.1, 0.15) is 35.7 Å². The monoisotopic (exact) mass is 404 g/mol. The lowest BCUT2D eigenvalue weighted by Gasteiger charge is -2.20. The molecule has 1 saturated carbocycles. The fourth-order valence-corrected chi connectivity index (χ4v) is 4.58. The molecule has 1 saturated heterocycles. The number of hydrogen-bond donors (Lipinski definition) is 0. The van der Waals surface area contributed by atoms with Crippen molar-refractivity contribution in [2.45, 2.75) is 32.5 Å². The summed E-state index contributed by atoms with van der Waals surface area (Å²) in [5.41, 5.74) is 1.27. The number of rotatable bonds is 4. The smallest absolute Gasteiger partial charge is 0.328 e. The molecule has 2 fully saturated rings. The molecule has 2 aromatic rings. The van der Waals surface area contributed by atoms with E-state index in [0.29, 0.717) is 42.1 Å². The van der Waals surface area contributed by atoms with Crippen molar-refractivity contribution in [2.24, 2.45) is 11.8 Å². The second-order valence-corrected chi connectivity index (χ2v) is 8.19. The van der Waals surface area contributed by atoms with E-state index >= 15 is 0 Å². The third-order valence-corrected chi connectivity index (χ3v) is 5.92. The van der Waals surface area contributed by atoms with Crippen molar-refractivity contribution in [3.8, 4) is 0 Å². The molecular formula is C21H22ClFN2O3. The lowest BCUT2D eigenvalue weighted by molar-refractivity contribution is 0.0382. The van der Waals surface area contributed by atoms with Crippen molar-refractivity contribution >= 4 is 23.4 Å². The lowest BCUT2D eigenvalue weighted by Crippen LogP contribution is -2.33. The lowest BCUT2D eigenvalue weighted by atomic mass is 10.0. The molecule has 28 heavy (non-hydrogen) atoms. The molecule has 1 aromatic carbocycles. The zero-order valence-electron chi connectivity index (χ0n) is 15.6. The first-order valence-electron chi connectivity index (χ1n) is 9.44. The van der Waals surface area contributed by atoms with Gasteiger partial charge in [-0.2, -0.15) is 0 Å². The van der Waals surface area contributed by atoms with Crippen LogP contribution in [0.5, 0.6) is 0 Å². The second-order valence-electron chi connectivity index (χ2n) is 7.75. The number of hydrogen-bond acceptors (Lipinski definition) is 3. The third kappa shape index (κ3) is 3.98. The van der Waals surface area contributed by atoms with Gasteiger partial charge < -0.3 is 9.64 Å². The van der Waals surface area contributed by atoms with Gasteiger partial charge in [-0.15, -0.1) is 0 Å². The van der Waals surface area contributed by atoms with Crippen molar-refractivity contribution in [1.29, 1.82) is 0 Å². The summed E-state index contributed by atoms with van der Waals surface area (Å²) in [5, 5.41) is 0.369. The molecule has 7 heteroatoms. The fourth-order valence-electron chi connectivity index (χ4n) is 4.33. The van der Waals surface area contributed by atoms with Gasteiger partial charge in [-0.05, 0) is 61.4 Å². The summed E-state index contributed by atoms with van der Waals surface area (Å²) in [5.74, 6) is 0.409. The summed E-state index contributed by atoms with van der Waals surface area (Å²) >= 11 is 5.88. The maximum absolute atomic E-state index is 13.4. The van der Waals surface area contributed by atoms with Crippen LogP contribution < -0.4 is 0 Å². The number of Topliss-reactive ketones (excluding diaryl/α,β-unsaturated/α-hetero) is 1. The highest BCUT2D eigenvalue weighted by atomic mass is 35.5. The van der Waals surface area contributed by atoms with Crippen molar-refractivity contribution in [3.05, 3.63) is 58.6 Å². The van der Waals surface area contributed by atoms with E-state index in [4.69, 9.17) is 16.3 Å². The van der Waals surface area contributed by atoms with Crippen LogP contribution in [0.4, 0.5) is 9.18 Å². The Hall–Kier alpha value is -2.18. The quantitative estimate of drug-likeness (QED) is 0.710. The first-order valence-corrected chi connectivity index (χ1v) is 9.81. The Morgan fingerprint density at radius 1 is 1.21 bits per heavy atom. The molecule has 0 N–H and O–H groups in total. The van der Waals surface area contributed by atoms with Crippen molar-refractivity contribution in [2.75, 3.05) is 13.1 Å². The van der Waals surface area contributed by atoms with Crippen molar-refractivity contribution in [1.82, 2.24) is 9.47 Å². The van der Waals surface area contributed by atoms with Gasteiger partial charge in [0, 0.05) is 36.1 Å². The van der Waals surface area contributed by atoms with Crippen LogP contribution in [-0.2, 0) is 11.3 Å². The van der Waals surface area contributed by atoms with E-state index in [2.05, 4.69) is 0 Å². The number of carbonyl (C=O) groups excluding carboxylic acids is 2. The van der Waals surface area contributed by atoms with E-state index in [1.54, 1.807) is 24.5 Å². The molecule has 5 nitrogen and oxygen atoms in total. The van der Waals surface area contributed by atoms with Gasteiger partial charge in [-0.25, -0.2) is 9.18 Å². The molecule has 3 atom stereocenters. The molecule has 148 valence electrons. The van der Waals surface area contributed by atoms with Crippen molar-refractivity contribution < 1.29 is 18.7 Å². The highest BCUT2D eigenvalue weighted by Crippen LogP contribution is 2.40. The SMILES string of the molecule is CC(=O)c1ccn(C(=O)N2C[C@H]3CC(OCc4cc(F)cc(Cl)c4)C[C@H]3C2)c1. The van der Waals surface area contributed by atoms with Gasteiger partial charge in [-0.1, -0.05) is 11.6 Å². The number of benzene rings is 1. The molecule has 2 heterocycles. The average Bonchev–Trinajstić information content (AvgIpc) is 3.33. The van der Waals surface area contributed by atoms with E-state index in [-0.39, 0.29) is 23.7 Å². The van der Waals surface area contributed by atoms with Crippen LogP contribution in [-0.4, -0.2) is 40.5 Å². The van der Waals surface area contributed by atoms with Gasteiger partial charge in [0.1, 0.15) is 5.82 Å². The number of likely N-dealkylation sites (tertiary alicyclic amines) is 1. The summed E-state index contributed by atoms with van der Waals surface area (Å²) in [6.45, 7) is 3.22. The molecular weight excluding hydrogens is 383 g/mol. The Morgan fingerprint density at radius 3 is 2.54 bits per heavy atom. The summed E-state index contributed by atoms with van der Waals surface area (Å²) in [6, 6.07) is 6.01. The van der Waals surface area contributed by atoms with Crippen LogP contribution in [0, 0.1) is 17.7 Å². The Morgan fingerprint density at radius 2 is 1.93 bits per heavy atom. The first-order chi connectivity index (χ1) is 13.4. The highest BCUT2D eigenvalue weighted by Gasteiger charge is 2.43. The Labute approximate surface area is 168 Å². The van der Waals surface area contributed by atoms with Crippen LogP contribution in [0.3, 0.4) is 0 Å². The fraction of sp³-hybridized carbons (Fsp3) is 0.429. The van der Waals surface area contributed by atoms with Crippen molar-refractivity contribution in [3.63, 3.8) is 0 Å². The van der Waals surface area contributed by atoms with E-state index in [0.717, 1.165) is 18.4 Å². The average molecular weight is 405 g/mol. The Bertz CT molecular complexity index is 879. The molecule has 1 aliphatic carbocycles. The molecule has 0 spiro atoms. The Balaban J connectivity index is 1.30. The predicted octanol–water partition coefficient (Wildman–Crippen LogP) is 4.38. The molecule has 1 aromatic heterocycles. The number of aromatic nitrogens is 1. The van der Waals surface area contributed by atoms with Crippen LogP contribution in [0.2, 0.25) is 5.02 Å². The van der Waals surface area contributed by atoms with Gasteiger partial charge in [0.05, 0.1) is 12.7 Å². The zero-order valence-corrected chi connectivity index (χ0v) is 16.4. The standard InChI is InChI=1S/C21H22ClFN2O3/c1-13(26)15-2-3-24(9-15)21(27)25-10-16-6-20(7-17(16)11-25)28-12-14-4-18(22)8-19(23)5-14/h2-5,8-9,16-17,20H,6-7,10-12H2,1H3/t16-,17+,20?. The summed E-state index contributed by atoms with van der Waals surface area (Å²) in [6.07, 6.45) is 5.13. The molecule has 0 radical (unpaired) electrons. The molecule has 0 bridgehead atoms. The maximum Gasteiger partial charge on any atom is 0.328 e. The number of fused-ring (bicyclic) bond motifs is 1. The van der Waals surface area contributed by atoms with E-state index < -0.39 is 0 Å². The van der Waals surface area contributed by atoms with Gasteiger partial charge in [-0.3, -0.25) is 9.36 Å². The van der Waals surface area contributed by atoms with Gasteiger partial charge in [0.25, 0.3) is 0 Å². The Kier molecular flexibility index (Phi) is 5.25. The predicted molar refractivity (Wildman–Crippen MR) is 103 cm³/mol. The van der Waals surface area contributed by atoms with E-state index in [1.165, 1.54) is 23.6 Å². The van der Waals surface area contributed by atoms with Gasteiger partial charge >= 0.3 is 6.03 Å². The summed E-state index contributed by atoms with van der Waals surface area (Å²) in [4.78, 5) is 25.9. The summed E-state index contributed by atoms with van der Waals surface area (Å²) in [7, 11) is 0. The topological polar surface area (TPSA) is 51.5 Å². The van der Waals surface area contributed by atoms with Crippen LogP contribution in [0.25, 0.3) is 0 Å². The molecule has 2 aliphatic rings. The number of halogens is 2. The van der Waals surface area contributed by atoms with Gasteiger partial charge in [0.15, 0.2) is 5.78 Å². The highest BCUT2D eigenvalue weighted by molar-refractivity contribution is 6.30. The van der Waals surface area contributed by atoms with E-state index in [9.17, 15) is 14.0 Å². The van der Waals surface area contributed by atoms with Crippen LogP contribution >= 0.6 is 11.6 Å². The molecule has 1 unspecified atom stereocenters. The normalized spacial score (nSPS) is 23.8.